The predicted octanol–water partition coefficient (Wildman–Crippen LogP) is 4.55. The van der Waals surface area contributed by atoms with E-state index in [1.54, 1.807) is 12.1 Å². The number of carbonyl (C=O) groups excluding carboxylic acids is 1. The van der Waals surface area contributed by atoms with Gasteiger partial charge in [-0.15, -0.1) is 0 Å². The standard InChI is InChI=1S/C25H22N4O4/c1-25(2)12-17-20(18(30)13-25)19(14-8-10-16(11-9-14)29(32)33)21-23(26-17)27-22(28-24(21)31)15-6-4-3-5-7-15/h3-11,19H,12-13H2,1-2H3,(H2,26,27,28,31)/t19-/m0/s1. The molecule has 1 aliphatic carbocycles. The molecule has 0 unspecified atom stereocenters. The lowest BCUT2D eigenvalue weighted by Crippen LogP contribution is -2.37. The Morgan fingerprint density at radius 3 is 2.39 bits per heavy atom. The zero-order chi connectivity index (χ0) is 23.3. The first-order chi connectivity index (χ1) is 15.7. The van der Waals surface area contributed by atoms with Crippen molar-refractivity contribution in [2.45, 2.75) is 32.6 Å². The maximum absolute atomic E-state index is 13.3. The Morgan fingerprint density at radius 1 is 1.03 bits per heavy atom. The minimum atomic E-state index is -0.651. The number of aromatic nitrogens is 2. The number of nitrogens with zero attached hydrogens (tertiary/aromatic N) is 2. The molecule has 33 heavy (non-hydrogen) atoms. The third-order valence-corrected chi connectivity index (χ3v) is 6.21. The highest BCUT2D eigenvalue weighted by atomic mass is 16.6. The number of aromatic amines is 1. The molecule has 0 bridgehead atoms. The summed E-state index contributed by atoms with van der Waals surface area (Å²) in [5, 5.41) is 14.4. The molecule has 166 valence electrons. The minimum Gasteiger partial charge on any atom is -0.343 e. The van der Waals surface area contributed by atoms with Crippen LogP contribution >= 0.6 is 0 Å². The van der Waals surface area contributed by atoms with Crippen molar-refractivity contribution in [3.63, 3.8) is 0 Å². The van der Waals surface area contributed by atoms with Gasteiger partial charge >= 0.3 is 0 Å². The van der Waals surface area contributed by atoms with Crippen molar-refractivity contribution in [2.24, 2.45) is 5.41 Å². The van der Waals surface area contributed by atoms with Crippen LogP contribution in [0.3, 0.4) is 0 Å². The number of carbonyl (C=O) groups is 1. The summed E-state index contributed by atoms with van der Waals surface area (Å²) in [4.78, 5) is 44.8. The number of hydrogen-bond donors (Lipinski definition) is 2. The predicted molar refractivity (Wildman–Crippen MR) is 124 cm³/mol. The Bertz CT molecular complexity index is 1370. The molecule has 2 aliphatic rings. The van der Waals surface area contributed by atoms with Crippen LogP contribution in [0.4, 0.5) is 11.5 Å². The topological polar surface area (TPSA) is 118 Å². The van der Waals surface area contributed by atoms with Gasteiger partial charge in [0.05, 0.1) is 10.5 Å². The average molecular weight is 442 g/mol. The molecule has 0 radical (unpaired) electrons. The number of nitro benzene ring substituents is 1. The number of fused-ring (bicyclic) bond motifs is 1. The Balaban J connectivity index is 1.72. The zero-order valence-electron chi connectivity index (χ0n) is 18.2. The van der Waals surface area contributed by atoms with Crippen LogP contribution in [-0.4, -0.2) is 20.7 Å². The fraction of sp³-hybridized carbons (Fsp3) is 0.240. The summed E-state index contributed by atoms with van der Waals surface area (Å²) in [5.74, 6) is 0.154. The number of anilines is 1. The van der Waals surface area contributed by atoms with Gasteiger partial charge in [0.1, 0.15) is 11.6 Å². The van der Waals surface area contributed by atoms with Gasteiger partial charge in [-0.1, -0.05) is 56.3 Å². The van der Waals surface area contributed by atoms with Crippen LogP contribution in [0.15, 0.2) is 70.7 Å². The fourth-order valence-corrected chi connectivity index (χ4v) is 4.77. The third kappa shape index (κ3) is 3.63. The number of allylic oxidation sites excluding steroid dienone is 2. The number of hydrogen-bond acceptors (Lipinski definition) is 6. The Morgan fingerprint density at radius 2 is 1.73 bits per heavy atom. The molecular weight excluding hydrogens is 420 g/mol. The number of H-pyrrole nitrogens is 1. The van der Waals surface area contributed by atoms with E-state index in [-0.39, 0.29) is 22.4 Å². The zero-order valence-corrected chi connectivity index (χ0v) is 18.2. The summed E-state index contributed by atoms with van der Waals surface area (Å²) in [7, 11) is 0. The molecule has 0 amide bonds. The highest BCUT2D eigenvalue weighted by Gasteiger charge is 2.42. The van der Waals surface area contributed by atoms with Gasteiger partial charge in [0, 0.05) is 41.3 Å². The average Bonchev–Trinajstić information content (AvgIpc) is 2.77. The second kappa shape index (κ2) is 7.51. The summed E-state index contributed by atoms with van der Waals surface area (Å²) in [6.45, 7) is 4.07. The quantitative estimate of drug-likeness (QED) is 0.454. The van der Waals surface area contributed by atoms with E-state index < -0.39 is 10.8 Å². The van der Waals surface area contributed by atoms with Crippen molar-refractivity contribution in [2.75, 3.05) is 5.32 Å². The summed E-state index contributed by atoms with van der Waals surface area (Å²) in [6, 6.07) is 15.4. The van der Waals surface area contributed by atoms with Crippen molar-refractivity contribution in [1.29, 1.82) is 0 Å². The van der Waals surface area contributed by atoms with E-state index in [2.05, 4.69) is 10.3 Å². The van der Waals surface area contributed by atoms with E-state index in [4.69, 9.17) is 4.98 Å². The van der Waals surface area contributed by atoms with Crippen LogP contribution in [0.2, 0.25) is 0 Å². The first-order valence-corrected chi connectivity index (χ1v) is 10.7. The van der Waals surface area contributed by atoms with Crippen LogP contribution in [0.5, 0.6) is 0 Å². The number of rotatable bonds is 3. The number of non-ortho nitro benzene ring substituents is 1. The van der Waals surface area contributed by atoms with Crippen molar-refractivity contribution >= 4 is 17.3 Å². The van der Waals surface area contributed by atoms with E-state index in [1.165, 1.54) is 12.1 Å². The van der Waals surface area contributed by atoms with Crippen LogP contribution in [-0.2, 0) is 4.79 Å². The van der Waals surface area contributed by atoms with E-state index >= 15 is 0 Å². The van der Waals surface area contributed by atoms with Crippen molar-refractivity contribution in [3.05, 3.63) is 97.5 Å². The first-order valence-electron chi connectivity index (χ1n) is 10.7. The molecule has 0 saturated carbocycles. The molecule has 8 nitrogen and oxygen atoms in total. The first kappa shape index (κ1) is 20.8. The number of nitro groups is 1. The van der Waals surface area contributed by atoms with Gasteiger partial charge in [0.15, 0.2) is 5.78 Å². The molecule has 2 aromatic carbocycles. The molecule has 5 rings (SSSR count). The Labute approximate surface area is 189 Å². The highest BCUT2D eigenvalue weighted by molar-refractivity contribution is 6.01. The second-order valence-corrected chi connectivity index (χ2v) is 9.28. The van der Waals surface area contributed by atoms with Crippen molar-refractivity contribution in [1.82, 2.24) is 9.97 Å². The summed E-state index contributed by atoms with van der Waals surface area (Å²) >= 11 is 0. The van der Waals surface area contributed by atoms with Crippen molar-refractivity contribution in [3.8, 4) is 11.4 Å². The second-order valence-electron chi connectivity index (χ2n) is 9.28. The van der Waals surface area contributed by atoms with Crippen LogP contribution in [0.1, 0.15) is 43.7 Å². The molecule has 0 fully saturated rings. The van der Waals surface area contributed by atoms with Gasteiger partial charge in [-0.2, -0.15) is 0 Å². The Hall–Kier alpha value is -4.07. The van der Waals surface area contributed by atoms with Gasteiger partial charge < -0.3 is 10.3 Å². The van der Waals surface area contributed by atoms with Gasteiger partial charge in [0.25, 0.3) is 11.2 Å². The number of nitrogens with one attached hydrogen (secondary N) is 2. The highest BCUT2D eigenvalue weighted by Crippen LogP contribution is 2.47. The smallest absolute Gasteiger partial charge is 0.269 e. The lowest BCUT2D eigenvalue weighted by Gasteiger charge is -2.38. The fourth-order valence-electron chi connectivity index (χ4n) is 4.77. The largest absolute Gasteiger partial charge is 0.343 e. The molecular formula is C25H22N4O4. The number of ketones is 1. The summed E-state index contributed by atoms with van der Waals surface area (Å²) < 4.78 is 0. The van der Waals surface area contributed by atoms with Crippen LogP contribution in [0, 0.1) is 15.5 Å². The number of Topliss-reactive ketones (excluding diaryl/α,β-unsaturated/α-hetero) is 1. The Kier molecular flexibility index (Phi) is 4.74. The molecule has 8 heteroatoms. The maximum Gasteiger partial charge on any atom is 0.269 e. The molecule has 2 N–H and O–H groups in total. The van der Waals surface area contributed by atoms with E-state index in [0.717, 1.165) is 11.3 Å². The van der Waals surface area contributed by atoms with Gasteiger partial charge in [-0.05, 0) is 17.4 Å². The molecule has 1 aliphatic heterocycles. The van der Waals surface area contributed by atoms with Crippen LogP contribution < -0.4 is 10.9 Å². The molecule has 0 saturated heterocycles. The summed E-state index contributed by atoms with van der Waals surface area (Å²) in [5.41, 5.74) is 2.41. The van der Waals surface area contributed by atoms with Gasteiger partial charge in [-0.3, -0.25) is 19.7 Å². The third-order valence-electron chi connectivity index (χ3n) is 6.21. The molecule has 1 atom stereocenters. The van der Waals surface area contributed by atoms with Crippen molar-refractivity contribution < 1.29 is 9.72 Å². The van der Waals surface area contributed by atoms with E-state index in [9.17, 15) is 19.7 Å². The molecule has 0 spiro atoms. The van der Waals surface area contributed by atoms with Gasteiger partial charge in [0.2, 0.25) is 0 Å². The van der Waals surface area contributed by atoms with E-state index in [1.807, 2.05) is 44.2 Å². The van der Waals surface area contributed by atoms with Crippen LogP contribution in [0.25, 0.3) is 11.4 Å². The number of benzene rings is 2. The lowest BCUT2D eigenvalue weighted by molar-refractivity contribution is -0.384. The lowest BCUT2D eigenvalue weighted by atomic mass is 9.69. The van der Waals surface area contributed by atoms with Gasteiger partial charge in [-0.25, -0.2) is 4.98 Å². The van der Waals surface area contributed by atoms with E-state index in [0.29, 0.717) is 41.2 Å². The monoisotopic (exact) mass is 442 g/mol. The molecule has 2 heterocycles. The normalized spacial score (nSPS) is 18.8. The summed E-state index contributed by atoms with van der Waals surface area (Å²) in [6.07, 6.45) is 0.992. The molecule has 1 aromatic heterocycles. The minimum absolute atomic E-state index is 0.0331. The maximum atomic E-state index is 13.3. The SMILES string of the molecule is CC1(C)CC(=O)C2=C(C1)Nc1nc(-c3ccccc3)[nH]c(=O)c1[C@H]2c1ccc([N+](=O)[O-])cc1. The molecule has 3 aromatic rings.